The molecule has 1 N–H and O–H groups in total. The van der Waals surface area contributed by atoms with Gasteiger partial charge in [0.05, 0.1) is 0 Å². The number of rotatable bonds is 7. The molecule has 0 atom stereocenters. The average molecular weight is 470 g/mol. The molecule has 1 aliphatic heterocycles. The van der Waals surface area contributed by atoms with Crippen LogP contribution < -0.4 is 15.0 Å². The highest BCUT2D eigenvalue weighted by atomic mass is 79.9. The van der Waals surface area contributed by atoms with Gasteiger partial charge in [-0.15, -0.1) is 0 Å². The second kappa shape index (κ2) is 9.80. The Bertz CT molecular complexity index is 981. The maximum atomic E-state index is 12.5. The monoisotopic (exact) mass is 469 g/mol. The van der Waals surface area contributed by atoms with Crippen molar-refractivity contribution in [1.82, 2.24) is 10.3 Å². The maximum absolute atomic E-state index is 12.5. The lowest BCUT2D eigenvalue weighted by Gasteiger charge is -2.29. The molecule has 0 spiro atoms. The summed E-state index contributed by atoms with van der Waals surface area (Å²) < 4.78 is 12.3. The van der Waals surface area contributed by atoms with E-state index in [0.29, 0.717) is 12.3 Å². The lowest BCUT2D eigenvalue weighted by molar-refractivity contribution is 0.0919. The summed E-state index contributed by atoms with van der Waals surface area (Å²) in [5.41, 5.74) is 1.01. The Morgan fingerprint density at radius 1 is 1.10 bits per heavy atom. The van der Waals surface area contributed by atoms with Crippen LogP contribution >= 0.6 is 15.9 Å². The molecule has 3 aromatic rings. The number of anilines is 1. The van der Waals surface area contributed by atoms with Crippen LogP contribution in [-0.2, 0) is 13.2 Å². The van der Waals surface area contributed by atoms with Gasteiger partial charge in [-0.3, -0.25) is 4.79 Å². The third-order valence-corrected chi connectivity index (χ3v) is 5.57. The first-order chi connectivity index (χ1) is 14.7. The van der Waals surface area contributed by atoms with Gasteiger partial charge in [-0.2, -0.15) is 0 Å². The largest absolute Gasteiger partial charge is 0.486 e. The van der Waals surface area contributed by atoms with Crippen LogP contribution in [0.25, 0.3) is 0 Å². The highest BCUT2D eigenvalue weighted by Gasteiger charge is 2.17. The quantitative estimate of drug-likeness (QED) is 0.530. The van der Waals surface area contributed by atoms with E-state index in [2.05, 4.69) is 31.1 Å². The second-order valence-corrected chi connectivity index (χ2v) is 8.14. The molecule has 6 nitrogen and oxygen atoms in total. The molecule has 1 aliphatic rings. The highest BCUT2D eigenvalue weighted by Crippen LogP contribution is 2.22. The summed E-state index contributed by atoms with van der Waals surface area (Å²) in [6, 6.07) is 14.9. The van der Waals surface area contributed by atoms with Gasteiger partial charge in [0.1, 0.15) is 23.9 Å². The number of benzene rings is 1. The standard InChI is InChI=1S/C23H24BrN3O3/c24-18-6-8-19(9-7-18)29-16-20-10-11-21(30-20)23(28)26-15-17-5-4-12-25-22(17)27-13-2-1-3-14-27/h4-12H,1-3,13-16H2,(H,26,28). The number of nitrogens with zero attached hydrogens (tertiary/aromatic N) is 2. The zero-order valence-corrected chi connectivity index (χ0v) is 18.2. The minimum Gasteiger partial charge on any atom is -0.486 e. The van der Waals surface area contributed by atoms with E-state index in [4.69, 9.17) is 9.15 Å². The molecule has 0 saturated carbocycles. The number of pyridine rings is 1. The Hall–Kier alpha value is -2.80. The number of carbonyl (C=O) groups excluding carboxylic acids is 1. The van der Waals surface area contributed by atoms with Gasteiger partial charge in [0.25, 0.3) is 5.91 Å². The molecule has 0 bridgehead atoms. The molecule has 0 unspecified atom stereocenters. The summed E-state index contributed by atoms with van der Waals surface area (Å²) in [4.78, 5) is 19.4. The molecule has 0 aliphatic carbocycles. The number of hydrogen-bond acceptors (Lipinski definition) is 5. The van der Waals surface area contributed by atoms with Gasteiger partial charge < -0.3 is 19.4 Å². The number of carbonyl (C=O) groups is 1. The molecule has 156 valence electrons. The summed E-state index contributed by atoms with van der Waals surface area (Å²) in [7, 11) is 0. The van der Waals surface area contributed by atoms with Gasteiger partial charge in [0.2, 0.25) is 0 Å². The lowest BCUT2D eigenvalue weighted by Crippen LogP contribution is -2.32. The van der Waals surface area contributed by atoms with Gasteiger partial charge >= 0.3 is 0 Å². The number of amides is 1. The fraction of sp³-hybridized carbons (Fsp3) is 0.304. The number of piperidine rings is 1. The highest BCUT2D eigenvalue weighted by molar-refractivity contribution is 9.10. The Kier molecular flexibility index (Phi) is 6.69. The van der Waals surface area contributed by atoms with E-state index in [0.717, 1.165) is 34.7 Å². The predicted octanol–water partition coefficient (Wildman–Crippen LogP) is 4.94. The Morgan fingerprint density at radius 2 is 1.90 bits per heavy atom. The molecule has 30 heavy (non-hydrogen) atoms. The van der Waals surface area contributed by atoms with Crippen molar-refractivity contribution < 1.29 is 13.9 Å². The van der Waals surface area contributed by atoms with E-state index in [9.17, 15) is 4.79 Å². The first-order valence-electron chi connectivity index (χ1n) is 10.1. The van der Waals surface area contributed by atoms with Crippen molar-refractivity contribution in [2.75, 3.05) is 18.0 Å². The van der Waals surface area contributed by atoms with Crippen molar-refractivity contribution in [3.8, 4) is 5.75 Å². The molecule has 0 radical (unpaired) electrons. The molecule has 1 fully saturated rings. The van der Waals surface area contributed by atoms with Crippen LogP contribution in [0.1, 0.15) is 41.1 Å². The average Bonchev–Trinajstić information content (AvgIpc) is 3.27. The van der Waals surface area contributed by atoms with E-state index in [-0.39, 0.29) is 18.3 Å². The molecule has 2 aromatic heterocycles. The second-order valence-electron chi connectivity index (χ2n) is 7.23. The van der Waals surface area contributed by atoms with Crippen LogP contribution in [-0.4, -0.2) is 24.0 Å². The Labute approximate surface area is 184 Å². The van der Waals surface area contributed by atoms with Crippen molar-refractivity contribution in [2.24, 2.45) is 0 Å². The number of furan rings is 1. The smallest absolute Gasteiger partial charge is 0.287 e. The van der Waals surface area contributed by atoms with Crippen molar-refractivity contribution in [3.63, 3.8) is 0 Å². The topological polar surface area (TPSA) is 67.6 Å². The van der Waals surface area contributed by atoms with E-state index < -0.39 is 0 Å². The summed E-state index contributed by atoms with van der Waals surface area (Å²) in [6.45, 7) is 2.69. The number of halogens is 1. The van der Waals surface area contributed by atoms with E-state index >= 15 is 0 Å². The van der Waals surface area contributed by atoms with E-state index in [1.165, 1.54) is 19.3 Å². The van der Waals surface area contributed by atoms with Crippen molar-refractivity contribution in [3.05, 3.63) is 76.3 Å². The van der Waals surface area contributed by atoms with E-state index in [1.54, 1.807) is 18.3 Å². The fourth-order valence-electron chi connectivity index (χ4n) is 3.48. The van der Waals surface area contributed by atoms with Crippen LogP contribution in [0.4, 0.5) is 5.82 Å². The first-order valence-corrected chi connectivity index (χ1v) is 10.9. The SMILES string of the molecule is O=C(NCc1cccnc1N1CCCCC1)c1ccc(COc2ccc(Br)cc2)o1. The van der Waals surface area contributed by atoms with Crippen LogP contribution in [0, 0.1) is 0 Å². The minimum absolute atomic E-state index is 0.252. The van der Waals surface area contributed by atoms with Crippen molar-refractivity contribution >= 4 is 27.7 Å². The van der Waals surface area contributed by atoms with Crippen molar-refractivity contribution in [1.29, 1.82) is 0 Å². The normalized spacial score (nSPS) is 13.8. The van der Waals surface area contributed by atoms with Crippen LogP contribution in [0.2, 0.25) is 0 Å². The molecule has 3 heterocycles. The summed E-state index contributed by atoms with van der Waals surface area (Å²) in [6.07, 6.45) is 5.43. The van der Waals surface area contributed by atoms with Crippen LogP contribution in [0.5, 0.6) is 5.75 Å². The van der Waals surface area contributed by atoms with Crippen LogP contribution in [0.15, 0.2) is 63.6 Å². The molecule has 1 aromatic carbocycles. The zero-order chi connectivity index (χ0) is 20.8. The summed E-state index contributed by atoms with van der Waals surface area (Å²) >= 11 is 3.39. The van der Waals surface area contributed by atoms with Crippen molar-refractivity contribution in [2.45, 2.75) is 32.4 Å². The van der Waals surface area contributed by atoms with Gasteiger partial charge in [0.15, 0.2) is 5.76 Å². The predicted molar refractivity (Wildman–Crippen MR) is 119 cm³/mol. The number of nitrogens with one attached hydrogen (secondary N) is 1. The minimum atomic E-state index is -0.252. The van der Waals surface area contributed by atoms with Gasteiger partial charge in [0, 0.05) is 35.9 Å². The Morgan fingerprint density at radius 3 is 2.70 bits per heavy atom. The molecular weight excluding hydrogens is 446 g/mol. The van der Waals surface area contributed by atoms with Gasteiger partial charge in [-0.1, -0.05) is 22.0 Å². The summed E-state index contributed by atoms with van der Waals surface area (Å²) in [5.74, 6) is 2.31. The number of hydrogen-bond donors (Lipinski definition) is 1. The van der Waals surface area contributed by atoms with Gasteiger partial charge in [-0.05, 0) is 61.7 Å². The van der Waals surface area contributed by atoms with Gasteiger partial charge in [-0.25, -0.2) is 4.98 Å². The molecular formula is C23H24BrN3O3. The molecule has 4 rings (SSSR count). The van der Waals surface area contributed by atoms with Crippen LogP contribution in [0.3, 0.4) is 0 Å². The third kappa shape index (κ3) is 5.21. The lowest BCUT2D eigenvalue weighted by atomic mass is 10.1. The molecule has 7 heteroatoms. The molecule has 1 amide bonds. The number of ether oxygens (including phenoxy) is 1. The van der Waals surface area contributed by atoms with E-state index in [1.807, 2.05) is 36.4 Å². The fourth-order valence-corrected chi connectivity index (χ4v) is 3.75. The summed E-state index contributed by atoms with van der Waals surface area (Å²) in [5, 5.41) is 2.94. The maximum Gasteiger partial charge on any atom is 0.287 e. The number of aromatic nitrogens is 1. The zero-order valence-electron chi connectivity index (χ0n) is 16.6. The Balaban J connectivity index is 1.33. The first kappa shape index (κ1) is 20.5. The third-order valence-electron chi connectivity index (χ3n) is 5.04. The molecule has 1 saturated heterocycles.